The van der Waals surface area contributed by atoms with Crippen LogP contribution >= 0.6 is 0 Å². The van der Waals surface area contributed by atoms with E-state index in [2.05, 4.69) is 15.5 Å². The van der Waals surface area contributed by atoms with Crippen LogP contribution in [0.15, 0.2) is 34.9 Å². The lowest BCUT2D eigenvalue weighted by atomic mass is 10.2. The van der Waals surface area contributed by atoms with Gasteiger partial charge in [-0.3, -0.25) is 4.79 Å². The van der Waals surface area contributed by atoms with Crippen molar-refractivity contribution in [3.63, 3.8) is 0 Å². The minimum atomic E-state index is -0.000991. The Balaban J connectivity index is 1.98. The smallest absolute Gasteiger partial charge is 0.249 e. The molecular formula is C17H20N4O2. The molecule has 3 aromatic rings. The van der Waals surface area contributed by atoms with Gasteiger partial charge in [0.1, 0.15) is 6.54 Å². The van der Waals surface area contributed by atoms with Crippen molar-refractivity contribution in [1.29, 1.82) is 0 Å². The molecule has 0 bridgehead atoms. The maximum Gasteiger partial charge on any atom is 0.249 e. The molecule has 0 aliphatic heterocycles. The highest BCUT2D eigenvalue weighted by atomic mass is 16.4. The zero-order chi connectivity index (χ0) is 16.2. The molecule has 1 amide bonds. The Labute approximate surface area is 134 Å². The Hall–Kier alpha value is -2.63. The molecular weight excluding hydrogens is 292 g/mol. The number of aromatic nitrogens is 3. The molecule has 0 spiro atoms. The van der Waals surface area contributed by atoms with Gasteiger partial charge in [-0.25, -0.2) is 0 Å². The highest BCUT2D eigenvalue weighted by molar-refractivity contribution is 5.94. The van der Waals surface area contributed by atoms with E-state index in [1.165, 1.54) is 0 Å². The lowest BCUT2D eigenvalue weighted by Gasteiger charge is -2.05. The number of nitrogens with one attached hydrogen (secondary N) is 1. The quantitative estimate of drug-likeness (QED) is 0.759. The van der Waals surface area contributed by atoms with Gasteiger partial charge in [0.05, 0.1) is 5.56 Å². The van der Waals surface area contributed by atoms with Crippen LogP contribution in [0, 0.1) is 0 Å². The predicted octanol–water partition coefficient (Wildman–Crippen LogP) is 2.78. The van der Waals surface area contributed by atoms with Crippen LogP contribution in [-0.2, 0) is 17.8 Å². The van der Waals surface area contributed by atoms with Gasteiger partial charge in [0.15, 0.2) is 0 Å². The number of hydrogen-bond donors (Lipinski definition) is 1. The molecule has 6 nitrogen and oxygen atoms in total. The van der Waals surface area contributed by atoms with Gasteiger partial charge in [0.2, 0.25) is 17.7 Å². The first-order valence-electron chi connectivity index (χ1n) is 7.90. The molecule has 0 aliphatic rings. The van der Waals surface area contributed by atoms with Crippen molar-refractivity contribution in [3.8, 4) is 11.5 Å². The fourth-order valence-electron chi connectivity index (χ4n) is 2.53. The van der Waals surface area contributed by atoms with Gasteiger partial charge in [-0.1, -0.05) is 32.0 Å². The summed E-state index contributed by atoms with van der Waals surface area (Å²) in [6.07, 6.45) is 3.53. The van der Waals surface area contributed by atoms with E-state index in [1.54, 1.807) is 0 Å². The maximum atomic E-state index is 12.0. The molecule has 1 aromatic carbocycles. The third kappa shape index (κ3) is 3.11. The van der Waals surface area contributed by atoms with Crippen molar-refractivity contribution in [2.24, 2.45) is 0 Å². The molecule has 3 rings (SSSR count). The molecule has 2 heterocycles. The fourth-order valence-corrected chi connectivity index (χ4v) is 2.53. The van der Waals surface area contributed by atoms with E-state index in [0.717, 1.165) is 22.9 Å². The Kier molecular flexibility index (Phi) is 4.41. The topological polar surface area (TPSA) is 73.0 Å². The summed E-state index contributed by atoms with van der Waals surface area (Å²) >= 11 is 0. The normalized spacial score (nSPS) is 11.0. The van der Waals surface area contributed by atoms with Crippen LogP contribution in [0.1, 0.15) is 26.2 Å². The van der Waals surface area contributed by atoms with E-state index in [4.69, 9.17) is 4.42 Å². The van der Waals surface area contributed by atoms with E-state index in [-0.39, 0.29) is 12.5 Å². The highest BCUT2D eigenvalue weighted by Gasteiger charge is 2.16. The first kappa shape index (κ1) is 15.3. The Bertz CT molecular complexity index is 819. The molecule has 1 N–H and O–H groups in total. The van der Waals surface area contributed by atoms with Crippen LogP contribution in [0.3, 0.4) is 0 Å². The van der Waals surface area contributed by atoms with Crippen molar-refractivity contribution < 1.29 is 9.21 Å². The SMILES string of the molecule is CCCNC(=O)Cn1cc(-c2nnc(CC)o2)c2ccccc21. The second-order valence-electron chi connectivity index (χ2n) is 5.39. The number of hydrogen-bond acceptors (Lipinski definition) is 4. The number of amides is 1. The number of rotatable bonds is 6. The summed E-state index contributed by atoms with van der Waals surface area (Å²) in [5.74, 6) is 1.10. The van der Waals surface area contributed by atoms with Crippen molar-refractivity contribution in [3.05, 3.63) is 36.4 Å². The first-order valence-corrected chi connectivity index (χ1v) is 7.90. The maximum absolute atomic E-state index is 12.0. The van der Waals surface area contributed by atoms with Crippen LogP contribution in [0.25, 0.3) is 22.4 Å². The zero-order valence-corrected chi connectivity index (χ0v) is 13.4. The van der Waals surface area contributed by atoms with Gasteiger partial charge in [-0.2, -0.15) is 0 Å². The van der Waals surface area contributed by atoms with Gasteiger partial charge in [0, 0.05) is 30.1 Å². The summed E-state index contributed by atoms with van der Waals surface area (Å²) in [5, 5.41) is 12.0. The Morgan fingerprint density at radius 2 is 2.09 bits per heavy atom. The number of fused-ring (bicyclic) bond motifs is 1. The highest BCUT2D eigenvalue weighted by Crippen LogP contribution is 2.29. The number of benzene rings is 1. The molecule has 6 heteroatoms. The Morgan fingerprint density at radius 1 is 1.26 bits per heavy atom. The number of carbonyl (C=O) groups excluding carboxylic acids is 1. The largest absolute Gasteiger partial charge is 0.421 e. The van der Waals surface area contributed by atoms with Crippen molar-refractivity contribution >= 4 is 16.8 Å². The van der Waals surface area contributed by atoms with Gasteiger partial charge in [0.25, 0.3) is 0 Å². The third-order valence-corrected chi connectivity index (χ3v) is 3.67. The zero-order valence-electron chi connectivity index (χ0n) is 13.4. The standard InChI is InChI=1S/C17H20N4O2/c1-3-9-18-15(22)11-21-10-13(12-7-5-6-8-14(12)21)17-20-19-16(4-2)23-17/h5-8,10H,3-4,9,11H2,1-2H3,(H,18,22). The second-order valence-corrected chi connectivity index (χ2v) is 5.39. The van der Waals surface area contributed by atoms with Crippen molar-refractivity contribution in [2.45, 2.75) is 33.2 Å². The molecule has 0 saturated carbocycles. The summed E-state index contributed by atoms with van der Waals surface area (Å²) in [5.41, 5.74) is 1.83. The lowest BCUT2D eigenvalue weighted by Crippen LogP contribution is -2.27. The van der Waals surface area contributed by atoms with Crippen LogP contribution in [0.4, 0.5) is 0 Å². The van der Waals surface area contributed by atoms with Gasteiger partial charge < -0.3 is 14.3 Å². The summed E-state index contributed by atoms with van der Waals surface area (Å²) in [6.45, 7) is 4.96. The summed E-state index contributed by atoms with van der Waals surface area (Å²) in [4.78, 5) is 12.0. The van der Waals surface area contributed by atoms with E-state index in [9.17, 15) is 4.79 Å². The summed E-state index contributed by atoms with van der Waals surface area (Å²) in [7, 11) is 0. The molecule has 0 unspecified atom stereocenters. The fraction of sp³-hybridized carbons (Fsp3) is 0.353. The van der Waals surface area contributed by atoms with Crippen molar-refractivity contribution in [2.75, 3.05) is 6.54 Å². The monoisotopic (exact) mass is 312 g/mol. The molecule has 0 atom stereocenters. The second kappa shape index (κ2) is 6.64. The minimum Gasteiger partial charge on any atom is -0.421 e. The molecule has 0 fully saturated rings. The average molecular weight is 312 g/mol. The van der Waals surface area contributed by atoms with Crippen LogP contribution in [0.2, 0.25) is 0 Å². The van der Waals surface area contributed by atoms with Crippen LogP contribution < -0.4 is 5.32 Å². The molecule has 2 aromatic heterocycles. The Morgan fingerprint density at radius 3 is 2.83 bits per heavy atom. The number of carbonyl (C=O) groups is 1. The van der Waals surface area contributed by atoms with E-state index in [1.807, 2.05) is 48.9 Å². The predicted molar refractivity (Wildman–Crippen MR) is 87.9 cm³/mol. The molecule has 0 aliphatic carbocycles. The lowest BCUT2D eigenvalue weighted by molar-refractivity contribution is -0.121. The molecule has 0 radical (unpaired) electrons. The van der Waals surface area contributed by atoms with Crippen LogP contribution in [0.5, 0.6) is 0 Å². The van der Waals surface area contributed by atoms with E-state index < -0.39 is 0 Å². The number of aryl methyl sites for hydroxylation is 1. The third-order valence-electron chi connectivity index (χ3n) is 3.67. The molecule has 0 saturated heterocycles. The first-order chi connectivity index (χ1) is 11.2. The van der Waals surface area contributed by atoms with Gasteiger partial charge in [-0.05, 0) is 12.5 Å². The number of para-hydroxylation sites is 1. The number of nitrogens with zero attached hydrogens (tertiary/aromatic N) is 3. The van der Waals surface area contributed by atoms with Crippen LogP contribution in [-0.4, -0.2) is 27.2 Å². The van der Waals surface area contributed by atoms with Crippen molar-refractivity contribution in [1.82, 2.24) is 20.1 Å². The van der Waals surface area contributed by atoms with E-state index in [0.29, 0.717) is 24.7 Å². The van der Waals surface area contributed by atoms with E-state index >= 15 is 0 Å². The minimum absolute atomic E-state index is 0.000991. The molecule has 120 valence electrons. The average Bonchev–Trinajstić information content (AvgIpc) is 3.18. The summed E-state index contributed by atoms with van der Waals surface area (Å²) < 4.78 is 7.60. The summed E-state index contributed by atoms with van der Waals surface area (Å²) in [6, 6.07) is 7.91. The molecule has 23 heavy (non-hydrogen) atoms. The van der Waals surface area contributed by atoms with Gasteiger partial charge in [-0.15, -0.1) is 10.2 Å². The van der Waals surface area contributed by atoms with Gasteiger partial charge >= 0.3 is 0 Å².